The Labute approximate surface area is 211 Å². The lowest BCUT2D eigenvalue weighted by molar-refractivity contribution is -0.174. The first-order valence-electron chi connectivity index (χ1n) is 12.8. The molecule has 0 unspecified atom stereocenters. The molecular formula is C28H37F3N2O3. The third-order valence-corrected chi connectivity index (χ3v) is 6.46. The van der Waals surface area contributed by atoms with Gasteiger partial charge in [-0.25, -0.2) is 0 Å². The third-order valence-electron chi connectivity index (χ3n) is 6.46. The largest absolute Gasteiger partial charge is 0.411 e. The van der Waals surface area contributed by atoms with Crippen molar-refractivity contribution < 1.29 is 27.8 Å². The molecule has 1 amide bonds. The van der Waals surface area contributed by atoms with Crippen molar-refractivity contribution in [1.29, 1.82) is 0 Å². The monoisotopic (exact) mass is 506 g/mol. The van der Waals surface area contributed by atoms with Crippen molar-refractivity contribution >= 4 is 5.91 Å². The average Bonchev–Trinajstić information content (AvgIpc) is 3.37. The molecule has 36 heavy (non-hydrogen) atoms. The van der Waals surface area contributed by atoms with Gasteiger partial charge in [-0.15, -0.1) is 0 Å². The molecule has 0 radical (unpaired) electrons. The molecule has 2 aromatic rings. The number of rotatable bonds is 14. The van der Waals surface area contributed by atoms with E-state index in [9.17, 15) is 23.1 Å². The number of alkyl halides is 3. The van der Waals surface area contributed by atoms with Crippen LogP contribution in [-0.4, -0.2) is 61.0 Å². The summed E-state index contributed by atoms with van der Waals surface area (Å²) < 4.78 is 41.0. The number of nitrogens with one attached hydrogen (secondary N) is 1. The molecule has 8 heteroatoms. The number of amides is 1. The highest BCUT2D eigenvalue weighted by Gasteiger charge is 2.28. The van der Waals surface area contributed by atoms with Crippen molar-refractivity contribution in [2.24, 2.45) is 0 Å². The normalized spacial score (nSPS) is 16.1. The molecule has 5 nitrogen and oxygen atoms in total. The predicted octanol–water partition coefficient (Wildman–Crippen LogP) is 4.84. The summed E-state index contributed by atoms with van der Waals surface area (Å²) >= 11 is 0. The SMILES string of the molecule is O=C(CCCCOCC(F)(F)F)N[C@H](CN1CCCC1)[C@H](O)c1ccc(CCc2ccccc2)cc1. The number of hydrogen-bond acceptors (Lipinski definition) is 4. The number of benzene rings is 2. The minimum absolute atomic E-state index is 0.0384. The molecule has 0 spiro atoms. The van der Waals surface area contributed by atoms with Gasteiger partial charge < -0.3 is 20.1 Å². The maximum absolute atomic E-state index is 12.6. The van der Waals surface area contributed by atoms with E-state index in [2.05, 4.69) is 27.1 Å². The first kappa shape index (κ1) is 28.2. The fraction of sp³-hybridized carbons (Fsp3) is 0.536. The number of likely N-dealkylation sites (tertiary alicyclic amines) is 1. The highest BCUT2D eigenvalue weighted by Crippen LogP contribution is 2.21. The summed E-state index contributed by atoms with van der Waals surface area (Å²) in [6.45, 7) is 1.12. The fourth-order valence-corrected chi connectivity index (χ4v) is 4.47. The Kier molecular flexibility index (Phi) is 11.2. The molecule has 1 aliphatic rings. The standard InChI is InChI=1S/C28H37F3N2O3/c29-28(30,31)21-36-19-7-4-10-26(34)32-25(20-33-17-5-6-18-33)27(35)24-15-13-23(14-16-24)12-11-22-8-2-1-3-9-22/h1-3,8-9,13-16,25,27,35H,4-7,10-12,17-21H2,(H,32,34)/t25-,27-/m1/s1. The molecular weight excluding hydrogens is 469 g/mol. The van der Waals surface area contributed by atoms with Crippen LogP contribution in [0.5, 0.6) is 0 Å². The number of carbonyl (C=O) groups is 1. The molecule has 1 heterocycles. The molecule has 0 saturated carbocycles. The highest BCUT2D eigenvalue weighted by molar-refractivity contribution is 5.76. The number of unbranched alkanes of at least 4 members (excludes halogenated alkanes) is 1. The summed E-state index contributed by atoms with van der Waals surface area (Å²) in [6.07, 6.45) is -0.172. The van der Waals surface area contributed by atoms with E-state index in [4.69, 9.17) is 0 Å². The average molecular weight is 507 g/mol. The van der Waals surface area contributed by atoms with Crippen molar-refractivity contribution in [3.63, 3.8) is 0 Å². The number of aryl methyl sites for hydroxylation is 2. The Morgan fingerprint density at radius 2 is 1.61 bits per heavy atom. The van der Waals surface area contributed by atoms with Crippen LogP contribution in [-0.2, 0) is 22.4 Å². The van der Waals surface area contributed by atoms with Crippen molar-refractivity contribution in [2.45, 2.75) is 63.3 Å². The van der Waals surface area contributed by atoms with Crippen LogP contribution in [0, 0.1) is 0 Å². The number of aliphatic hydroxyl groups excluding tert-OH is 1. The topological polar surface area (TPSA) is 61.8 Å². The van der Waals surface area contributed by atoms with E-state index < -0.39 is 24.9 Å². The maximum Gasteiger partial charge on any atom is 0.411 e. The second-order valence-corrected chi connectivity index (χ2v) is 9.48. The van der Waals surface area contributed by atoms with Crippen molar-refractivity contribution in [3.8, 4) is 0 Å². The Morgan fingerprint density at radius 1 is 0.972 bits per heavy atom. The molecule has 3 rings (SSSR count). The van der Waals surface area contributed by atoms with Gasteiger partial charge in [0.2, 0.25) is 5.91 Å². The Morgan fingerprint density at radius 3 is 2.25 bits per heavy atom. The van der Waals surface area contributed by atoms with Gasteiger partial charge in [0, 0.05) is 19.6 Å². The Bertz CT molecular complexity index is 901. The van der Waals surface area contributed by atoms with Gasteiger partial charge in [-0.2, -0.15) is 13.2 Å². The van der Waals surface area contributed by atoms with E-state index >= 15 is 0 Å². The second kappa shape index (κ2) is 14.4. The molecule has 1 aliphatic heterocycles. The van der Waals surface area contributed by atoms with E-state index in [0.29, 0.717) is 19.4 Å². The zero-order chi connectivity index (χ0) is 25.8. The lowest BCUT2D eigenvalue weighted by Crippen LogP contribution is -2.46. The van der Waals surface area contributed by atoms with E-state index in [0.717, 1.165) is 44.3 Å². The summed E-state index contributed by atoms with van der Waals surface area (Å²) in [7, 11) is 0. The first-order valence-corrected chi connectivity index (χ1v) is 12.8. The van der Waals surface area contributed by atoms with Gasteiger partial charge in [0.1, 0.15) is 12.7 Å². The van der Waals surface area contributed by atoms with Crippen molar-refractivity contribution in [3.05, 3.63) is 71.3 Å². The number of ether oxygens (including phenoxy) is 1. The molecule has 2 atom stereocenters. The number of nitrogens with zero attached hydrogens (tertiary/aromatic N) is 1. The highest BCUT2D eigenvalue weighted by atomic mass is 19.4. The van der Waals surface area contributed by atoms with Crippen LogP contribution in [0.1, 0.15) is 54.9 Å². The van der Waals surface area contributed by atoms with Gasteiger partial charge in [-0.05, 0) is 68.3 Å². The quantitative estimate of drug-likeness (QED) is 0.360. The van der Waals surface area contributed by atoms with Crippen LogP contribution in [0.2, 0.25) is 0 Å². The molecule has 0 aliphatic carbocycles. The van der Waals surface area contributed by atoms with E-state index in [1.54, 1.807) is 0 Å². The Balaban J connectivity index is 1.50. The van der Waals surface area contributed by atoms with Gasteiger partial charge in [-0.3, -0.25) is 4.79 Å². The summed E-state index contributed by atoms with van der Waals surface area (Å²) in [4.78, 5) is 14.8. The van der Waals surface area contributed by atoms with Gasteiger partial charge in [-0.1, -0.05) is 54.6 Å². The number of halogens is 3. The van der Waals surface area contributed by atoms with Crippen LogP contribution >= 0.6 is 0 Å². The minimum atomic E-state index is -4.34. The van der Waals surface area contributed by atoms with Gasteiger partial charge in [0.15, 0.2) is 0 Å². The van der Waals surface area contributed by atoms with Crippen LogP contribution in [0.15, 0.2) is 54.6 Å². The maximum atomic E-state index is 12.6. The van der Waals surface area contributed by atoms with Crippen molar-refractivity contribution in [2.75, 3.05) is 32.8 Å². The lowest BCUT2D eigenvalue weighted by Gasteiger charge is -2.29. The number of hydrogen-bond donors (Lipinski definition) is 2. The molecule has 198 valence electrons. The van der Waals surface area contributed by atoms with E-state index in [1.165, 1.54) is 11.1 Å². The molecule has 0 bridgehead atoms. The summed E-state index contributed by atoms with van der Waals surface area (Å²) in [5.74, 6) is -0.214. The van der Waals surface area contributed by atoms with E-state index in [1.807, 2.05) is 42.5 Å². The number of aliphatic hydroxyl groups is 1. The third kappa shape index (κ3) is 10.3. The zero-order valence-electron chi connectivity index (χ0n) is 20.7. The summed E-state index contributed by atoms with van der Waals surface area (Å²) in [6, 6.07) is 17.7. The van der Waals surface area contributed by atoms with E-state index in [-0.39, 0.29) is 18.9 Å². The smallest absolute Gasteiger partial charge is 0.386 e. The Hall–Kier alpha value is -2.42. The van der Waals surface area contributed by atoms with Crippen LogP contribution in [0.25, 0.3) is 0 Å². The second-order valence-electron chi connectivity index (χ2n) is 9.48. The molecule has 0 aromatic heterocycles. The molecule has 1 fully saturated rings. The first-order chi connectivity index (χ1) is 17.3. The van der Waals surface area contributed by atoms with Crippen LogP contribution in [0.3, 0.4) is 0 Å². The molecule has 1 saturated heterocycles. The fourth-order valence-electron chi connectivity index (χ4n) is 4.47. The zero-order valence-corrected chi connectivity index (χ0v) is 20.7. The lowest BCUT2D eigenvalue weighted by atomic mass is 9.98. The minimum Gasteiger partial charge on any atom is -0.386 e. The van der Waals surface area contributed by atoms with Crippen LogP contribution in [0.4, 0.5) is 13.2 Å². The van der Waals surface area contributed by atoms with Gasteiger partial charge in [0.25, 0.3) is 0 Å². The summed E-state index contributed by atoms with van der Waals surface area (Å²) in [5, 5.41) is 14.1. The van der Waals surface area contributed by atoms with Gasteiger partial charge >= 0.3 is 6.18 Å². The molecule has 2 aromatic carbocycles. The number of carbonyl (C=O) groups excluding carboxylic acids is 1. The summed E-state index contributed by atoms with van der Waals surface area (Å²) in [5.41, 5.74) is 3.22. The molecule has 2 N–H and O–H groups in total. The van der Waals surface area contributed by atoms with Crippen LogP contribution < -0.4 is 5.32 Å². The van der Waals surface area contributed by atoms with Crippen molar-refractivity contribution in [1.82, 2.24) is 10.2 Å². The van der Waals surface area contributed by atoms with Gasteiger partial charge in [0.05, 0.1) is 6.04 Å². The predicted molar refractivity (Wildman–Crippen MR) is 134 cm³/mol.